The summed E-state index contributed by atoms with van der Waals surface area (Å²) in [6, 6.07) is 72.5. The number of carbonyl (C=O) groups excluding carboxylic acids is 2. The predicted molar refractivity (Wildman–Crippen MR) is 529 cm³/mol. The van der Waals surface area contributed by atoms with Crippen LogP contribution in [0.3, 0.4) is 0 Å². The normalized spacial score (nSPS) is 14.6. The summed E-state index contributed by atoms with van der Waals surface area (Å²) in [4.78, 5) is 49.1. The van der Waals surface area contributed by atoms with Gasteiger partial charge in [0.1, 0.15) is 17.0 Å². The number of aromatic nitrogens is 17. The van der Waals surface area contributed by atoms with E-state index in [0.717, 1.165) is 181 Å². The largest absolute Gasteiger partial charge is 0.493 e. The zero-order valence-electron chi connectivity index (χ0n) is 77.8. The van der Waals surface area contributed by atoms with Crippen molar-refractivity contribution in [2.75, 3.05) is 36.2 Å². The number of fused-ring (bicyclic) bond motifs is 5. The second-order valence-electron chi connectivity index (χ2n) is 38.0. The van der Waals surface area contributed by atoms with Crippen molar-refractivity contribution in [2.24, 2.45) is 35.5 Å². The summed E-state index contributed by atoms with van der Waals surface area (Å²) in [6.45, 7) is 32.9. The summed E-state index contributed by atoms with van der Waals surface area (Å²) in [7, 11) is 3.63. The van der Waals surface area contributed by atoms with E-state index in [2.05, 4.69) is 152 Å². The molecule has 25 heteroatoms. The van der Waals surface area contributed by atoms with Crippen molar-refractivity contribution in [3.05, 3.63) is 321 Å². The molecule has 22 rings (SSSR count). The van der Waals surface area contributed by atoms with Gasteiger partial charge in [0.15, 0.2) is 57.4 Å². The number of rotatable bonds is 27. The van der Waals surface area contributed by atoms with Crippen LogP contribution < -0.4 is 20.3 Å². The van der Waals surface area contributed by atoms with Crippen molar-refractivity contribution in [3.8, 4) is 67.7 Å². The van der Waals surface area contributed by atoms with Crippen LogP contribution >= 0.6 is 0 Å². The van der Waals surface area contributed by atoms with Gasteiger partial charge in [0, 0.05) is 103 Å². The van der Waals surface area contributed by atoms with E-state index in [1.54, 1.807) is 13.2 Å². The van der Waals surface area contributed by atoms with Crippen molar-refractivity contribution in [2.45, 2.75) is 162 Å². The van der Waals surface area contributed by atoms with Gasteiger partial charge in [-0.1, -0.05) is 140 Å². The first-order valence-electron chi connectivity index (χ1n) is 46.7. The van der Waals surface area contributed by atoms with Crippen molar-refractivity contribution in [3.63, 3.8) is 0 Å². The first kappa shape index (κ1) is 89.8. The zero-order chi connectivity index (χ0) is 92.9. The summed E-state index contributed by atoms with van der Waals surface area (Å²) in [5, 5.41) is 33.8. The average Bonchev–Trinajstić information content (AvgIpc) is 1.66. The molecule has 0 unspecified atom stereocenters. The average molecular weight is 1790 g/mol. The Hall–Kier alpha value is -14.8. The van der Waals surface area contributed by atoms with Crippen molar-refractivity contribution < 1.29 is 23.8 Å². The highest BCUT2D eigenvalue weighted by molar-refractivity contribution is 5.88. The Bertz CT molecular complexity index is 6960. The molecule has 2 N–H and O–H groups in total. The lowest BCUT2D eigenvalue weighted by atomic mass is 10.1. The molecule has 2 amide bonds. The molecule has 5 aromatic carbocycles. The standard InChI is InChI=1S/C24H28N4O2.C23H26N4O2.C22H23N3O.C21H19N5.C19H20N4/c1-16(17-9-10-17)15-21-25-22-8-6-7-20(28(22)26-21)18-11-13-19(14-12-18)27(5)23(29)30-24(2,3)4;1-15(16-8-9-16)14-20-25-21-7-5-6-19(27(21)26-20)17-10-12-18(13-11-17)24-22(28)29-23(2,3)4;1-15(17-7-8-17)13-21-23-22-4-2-3-20(25(22)24-21)18-9-11-19(12-10-18)26-14-16-5-6-16;1-15(16-6-7-16)14-20-23-21-5-2-4-19(26(21)24-20)17-8-10-18(11-9-17)25-13-3-12-22-25;1-13(14-6-7-14)12-18-21-19-5-3-4-17(23(19)22-18)15-8-10-16(20-2)11-9-15/h6-8,11-14,17H,1,9-10,15H2,2-5H3;5-7,10-13,16H,1,8-9,14H2,2-4H3,(H,24,28);2-4,9-12,16-17H,1,5-8,13-14H2;2-5,8-13,16H,1,6-7,14H2;3-5,8-11,14,20H,1,6-7,12H2,2H3. The number of carbonyl (C=O) groups is 2. The van der Waals surface area contributed by atoms with Crippen LogP contribution in [0, 0.1) is 35.5 Å². The smallest absolute Gasteiger partial charge is 0.414 e. The van der Waals surface area contributed by atoms with Gasteiger partial charge in [-0.25, -0.2) is 61.8 Å². The molecule has 0 saturated heterocycles. The first-order valence-corrected chi connectivity index (χ1v) is 46.7. The monoisotopic (exact) mass is 1780 g/mol. The number of hydrogen-bond donors (Lipinski definition) is 2. The number of ether oxygens (including phenoxy) is 3. The summed E-state index contributed by atoms with van der Waals surface area (Å²) in [5.41, 5.74) is 23.4. The molecule has 25 nitrogen and oxygen atoms in total. The molecule has 6 saturated carbocycles. The van der Waals surface area contributed by atoms with Gasteiger partial charge in [0.2, 0.25) is 0 Å². The predicted octanol–water partition coefficient (Wildman–Crippen LogP) is 23.3. The number of anilines is 3. The molecule has 11 heterocycles. The maximum absolute atomic E-state index is 12.3. The van der Waals surface area contributed by atoms with Crippen molar-refractivity contribution >= 4 is 57.5 Å². The highest BCUT2D eigenvalue weighted by Crippen LogP contribution is 2.42. The Morgan fingerprint density at radius 2 is 0.687 bits per heavy atom. The number of benzene rings is 5. The second-order valence-corrected chi connectivity index (χ2v) is 38.0. The minimum atomic E-state index is -0.532. The Morgan fingerprint density at radius 1 is 0.381 bits per heavy atom. The van der Waals surface area contributed by atoms with E-state index < -0.39 is 17.3 Å². The minimum Gasteiger partial charge on any atom is -0.493 e. The van der Waals surface area contributed by atoms with Crippen LogP contribution in [0.5, 0.6) is 5.75 Å². The number of nitrogens with zero attached hydrogens (tertiary/aromatic N) is 18. The molecule has 0 bridgehead atoms. The number of nitrogens with one attached hydrogen (secondary N) is 2. The Kier molecular flexibility index (Phi) is 26.1. The van der Waals surface area contributed by atoms with Crippen LogP contribution in [0.2, 0.25) is 0 Å². The Labute approximate surface area is 781 Å². The quantitative estimate of drug-likeness (QED) is 0.0454. The van der Waals surface area contributed by atoms with E-state index in [4.69, 9.17) is 39.7 Å². The molecule has 6 fully saturated rings. The van der Waals surface area contributed by atoms with E-state index >= 15 is 0 Å². The summed E-state index contributed by atoms with van der Waals surface area (Å²) < 4.78 is 28.0. The van der Waals surface area contributed by atoms with Crippen LogP contribution in [0.4, 0.5) is 26.7 Å². The van der Waals surface area contributed by atoms with Crippen LogP contribution in [0.1, 0.15) is 148 Å². The van der Waals surface area contributed by atoms with Gasteiger partial charge in [0.25, 0.3) is 0 Å². The molecule has 0 radical (unpaired) electrons. The van der Waals surface area contributed by atoms with Gasteiger partial charge in [-0.05, 0) is 294 Å². The van der Waals surface area contributed by atoms with Gasteiger partial charge in [-0.15, -0.1) is 0 Å². The molecular formula is C109H116N20O5. The Morgan fingerprint density at radius 3 is 0.978 bits per heavy atom. The lowest BCUT2D eigenvalue weighted by Crippen LogP contribution is -2.34. The van der Waals surface area contributed by atoms with Crippen LogP contribution in [0.25, 0.3) is 90.2 Å². The maximum atomic E-state index is 12.3. The third-order valence-corrected chi connectivity index (χ3v) is 24.5. The SMILES string of the molecule is C=C(Cc1nc2cccc(-c3ccc(-n4cccn4)cc3)n2n1)C1CC1.C=C(Cc1nc2cccc(-c3ccc(N(C)C(=O)OC(C)(C)C)cc3)n2n1)C1CC1.C=C(Cc1nc2cccc(-c3ccc(NC(=O)OC(C)(C)C)cc3)n2n1)C1CC1.C=C(Cc1nc2cccc(-c3ccc(NC)cc3)n2n1)C1CC1.C=C(Cc1nc2cccc(-c3ccc(OCC4CC4)cc3)n2n1)C1CC1. The number of hydrogen-bond acceptors (Lipinski definition) is 17. The molecule has 134 heavy (non-hydrogen) atoms. The molecule has 11 aromatic heterocycles. The molecule has 6 aliphatic rings. The van der Waals surface area contributed by atoms with Crippen LogP contribution in [-0.2, 0) is 41.6 Å². The highest BCUT2D eigenvalue weighted by atomic mass is 16.6. The fourth-order valence-electron chi connectivity index (χ4n) is 16.1. The van der Waals surface area contributed by atoms with Gasteiger partial charge in [0.05, 0.1) is 40.8 Å². The van der Waals surface area contributed by atoms with Gasteiger partial charge in [-0.3, -0.25) is 10.2 Å². The Balaban J connectivity index is 0.000000112. The molecule has 16 aromatic rings. The summed E-state index contributed by atoms with van der Waals surface area (Å²) in [5.74, 6) is 9.22. The minimum absolute atomic E-state index is 0.380. The van der Waals surface area contributed by atoms with E-state index in [9.17, 15) is 9.59 Å². The molecule has 0 atom stereocenters. The topological polar surface area (TPSA) is 258 Å². The molecular weight excluding hydrogens is 1670 g/mol. The maximum Gasteiger partial charge on any atom is 0.414 e. The summed E-state index contributed by atoms with van der Waals surface area (Å²) in [6.07, 6.45) is 21.8. The van der Waals surface area contributed by atoms with E-state index in [1.165, 1.54) is 110 Å². The number of amides is 2. The van der Waals surface area contributed by atoms with Gasteiger partial charge in [-0.2, -0.15) is 30.6 Å². The lowest BCUT2D eigenvalue weighted by Gasteiger charge is -2.24. The second kappa shape index (κ2) is 39.0. The zero-order valence-corrected chi connectivity index (χ0v) is 77.8. The van der Waals surface area contributed by atoms with Crippen molar-refractivity contribution in [1.82, 2.24) is 82.8 Å². The molecule has 0 aliphatic heterocycles. The van der Waals surface area contributed by atoms with E-state index in [0.29, 0.717) is 35.3 Å². The fourth-order valence-corrected chi connectivity index (χ4v) is 16.1. The third-order valence-electron chi connectivity index (χ3n) is 24.5. The highest BCUT2D eigenvalue weighted by Gasteiger charge is 2.32. The number of allylic oxidation sites excluding steroid dienone is 5. The van der Waals surface area contributed by atoms with Crippen molar-refractivity contribution in [1.29, 1.82) is 0 Å². The number of pyridine rings is 5. The molecule has 6 aliphatic carbocycles. The third kappa shape index (κ3) is 22.9. The summed E-state index contributed by atoms with van der Waals surface area (Å²) >= 11 is 0. The van der Waals surface area contributed by atoms with Gasteiger partial charge >= 0.3 is 12.2 Å². The fraction of sp³-hybridized carbons (Fsp3) is 0.312. The lowest BCUT2D eigenvalue weighted by molar-refractivity contribution is 0.0586. The van der Waals surface area contributed by atoms with Crippen LogP contribution in [-0.4, -0.2) is 127 Å². The van der Waals surface area contributed by atoms with Crippen LogP contribution in [0.15, 0.2) is 292 Å². The first-order chi connectivity index (χ1) is 64.8. The van der Waals surface area contributed by atoms with E-state index in [-0.39, 0.29) is 6.09 Å². The molecule has 0 spiro atoms. The molecule has 682 valence electrons. The van der Waals surface area contributed by atoms with Gasteiger partial charge < -0.3 is 19.5 Å². The van der Waals surface area contributed by atoms with E-state index in [1.807, 2.05) is 222 Å².